The molecule has 0 bridgehead atoms. The van der Waals surface area contributed by atoms with Crippen molar-refractivity contribution in [3.8, 4) is 55.6 Å². The minimum atomic E-state index is -0.206. The van der Waals surface area contributed by atoms with Crippen molar-refractivity contribution in [2.45, 2.75) is 57.4 Å². The monoisotopic (exact) mass is 886 g/mol. The van der Waals surface area contributed by atoms with E-state index in [4.69, 9.17) is 0 Å². The molecule has 13 rings (SSSR count). The number of hydrogen-bond acceptors (Lipinski definition) is 2. The van der Waals surface area contributed by atoms with Gasteiger partial charge in [0.15, 0.2) is 0 Å². The van der Waals surface area contributed by atoms with Crippen molar-refractivity contribution in [2.24, 2.45) is 0 Å². The standard InChI is InChI=1S/C67H54N2/c1-66(2)59-24-15-14-21-54(59)55-38-36-51(42-61(55)66)68(50-34-31-46(32-35-50)48-33-40-64-58(41-48)56-22-12-7-13-26-63(56)69(64)49-19-10-6-11-20-49)52-37-39-57-62(43-52)67(3,4)60-25-16-23-53(65(57)60)47-29-27-45(28-30-47)44-17-8-5-9-18-44/h5-10,12-19,21-43,63H,11,20H2,1-4H3. The average Bonchev–Trinajstić information content (AvgIpc) is 3.80. The largest absolute Gasteiger partial charge is 0.334 e. The topological polar surface area (TPSA) is 6.48 Å². The summed E-state index contributed by atoms with van der Waals surface area (Å²) in [5.41, 5.74) is 26.6. The van der Waals surface area contributed by atoms with E-state index in [9.17, 15) is 0 Å². The minimum Gasteiger partial charge on any atom is -0.334 e. The van der Waals surface area contributed by atoms with Gasteiger partial charge in [-0.15, -0.1) is 0 Å². The molecular formula is C67H54N2. The Morgan fingerprint density at radius 1 is 0.435 bits per heavy atom. The van der Waals surface area contributed by atoms with Crippen molar-refractivity contribution in [1.29, 1.82) is 0 Å². The summed E-state index contributed by atoms with van der Waals surface area (Å²) < 4.78 is 0. The SMILES string of the molecule is CC1(C)c2ccccc2-c2ccc(N(c3ccc(-c4ccc5c(c4)C4=CC=CC=CC4N5C4=CC=CCC4)cc3)c3ccc4c(c3)C(C)(C)c3cccc(-c5ccc(-c6ccccc6)cc5)c3-4)cc21. The quantitative estimate of drug-likeness (QED) is 0.157. The maximum absolute atomic E-state index is 2.55. The van der Waals surface area contributed by atoms with Crippen LogP contribution in [0, 0.1) is 0 Å². The molecule has 0 saturated carbocycles. The number of anilines is 4. The molecule has 1 unspecified atom stereocenters. The van der Waals surface area contributed by atoms with Gasteiger partial charge in [-0.1, -0.05) is 198 Å². The molecule has 332 valence electrons. The molecule has 0 spiro atoms. The van der Waals surface area contributed by atoms with E-state index in [1.807, 2.05) is 0 Å². The summed E-state index contributed by atoms with van der Waals surface area (Å²) in [6.45, 7) is 9.55. The van der Waals surface area contributed by atoms with Gasteiger partial charge in [-0.25, -0.2) is 0 Å². The summed E-state index contributed by atoms with van der Waals surface area (Å²) >= 11 is 0. The molecule has 1 aliphatic heterocycles. The first-order chi connectivity index (χ1) is 33.7. The number of fused-ring (bicyclic) bond motifs is 9. The molecule has 0 N–H and O–H groups in total. The Labute approximate surface area is 407 Å². The summed E-state index contributed by atoms with van der Waals surface area (Å²) in [4.78, 5) is 5.04. The molecule has 8 aromatic rings. The summed E-state index contributed by atoms with van der Waals surface area (Å²) in [5.74, 6) is 0. The van der Waals surface area contributed by atoms with Crippen molar-refractivity contribution in [3.05, 3.63) is 258 Å². The van der Waals surface area contributed by atoms with Gasteiger partial charge in [0.05, 0.1) is 6.04 Å². The molecule has 69 heavy (non-hydrogen) atoms. The van der Waals surface area contributed by atoms with E-state index in [0.29, 0.717) is 0 Å². The Morgan fingerprint density at radius 3 is 1.83 bits per heavy atom. The number of hydrogen-bond donors (Lipinski definition) is 0. The highest BCUT2D eigenvalue weighted by molar-refractivity contribution is 5.96. The lowest BCUT2D eigenvalue weighted by Gasteiger charge is -2.30. The number of rotatable bonds is 7. The molecule has 1 heterocycles. The first kappa shape index (κ1) is 41.3. The molecule has 0 aromatic heterocycles. The number of nitrogens with zero attached hydrogens (tertiary/aromatic N) is 2. The van der Waals surface area contributed by atoms with Gasteiger partial charge in [0.25, 0.3) is 0 Å². The Bertz CT molecular complexity index is 3540. The molecule has 4 aliphatic carbocycles. The van der Waals surface area contributed by atoms with Crippen LogP contribution >= 0.6 is 0 Å². The van der Waals surface area contributed by atoms with Gasteiger partial charge in [0.1, 0.15) is 0 Å². The first-order valence-electron chi connectivity index (χ1n) is 24.7. The zero-order valence-corrected chi connectivity index (χ0v) is 39.7. The van der Waals surface area contributed by atoms with Gasteiger partial charge < -0.3 is 9.80 Å². The first-order valence-corrected chi connectivity index (χ1v) is 24.7. The fraction of sp³-hybridized carbons (Fsp3) is 0.134. The minimum absolute atomic E-state index is 0.126. The van der Waals surface area contributed by atoms with Crippen molar-refractivity contribution in [2.75, 3.05) is 9.80 Å². The van der Waals surface area contributed by atoms with Crippen molar-refractivity contribution < 1.29 is 0 Å². The van der Waals surface area contributed by atoms with Crippen LogP contribution in [-0.2, 0) is 10.8 Å². The lowest BCUT2D eigenvalue weighted by molar-refractivity contribution is 0.660. The van der Waals surface area contributed by atoms with Gasteiger partial charge in [-0.3, -0.25) is 0 Å². The third-order valence-electron chi connectivity index (χ3n) is 15.8. The van der Waals surface area contributed by atoms with Gasteiger partial charge >= 0.3 is 0 Å². The summed E-state index contributed by atoms with van der Waals surface area (Å²) in [6, 6.07) is 66.5. The van der Waals surface area contributed by atoms with Crippen LogP contribution in [0.2, 0.25) is 0 Å². The molecular weight excluding hydrogens is 833 g/mol. The second-order valence-electron chi connectivity index (χ2n) is 20.4. The Kier molecular flexibility index (Phi) is 9.46. The number of benzene rings is 8. The average molecular weight is 887 g/mol. The fourth-order valence-electron chi connectivity index (χ4n) is 12.2. The zero-order valence-electron chi connectivity index (χ0n) is 39.7. The van der Waals surface area contributed by atoms with Crippen molar-refractivity contribution in [1.82, 2.24) is 0 Å². The fourth-order valence-corrected chi connectivity index (χ4v) is 12.2. The zero-order chi connectivity index (χ0) is 46.4. The lowest BCUT2D eigenvalue weighted by atomic mass is 9.81. The molecule has 0 saturated heterocycles. The van der Waals surface area contributed by atoms with Gasteiger partial charge in [0, 0.05) is 44.8 Å². The van der Waals surface area contributed by atoms with Crippen molar-refractivity contribution >= 4 is 28.3 Å². The van der Waals surface area contributed by atoms with E-state index in [-0.39, 0.29) is 16.9 Å². The second-order valence-corrected chi connectivity index (χ2v) is 20.4. The number of allylic oxidation sites excluding steroid dienone is 8. The van der Waals surface area contributed by atoms with Crippen LogP contribution in [-0.4, -0.2) is 6.04 Å². The molecule has 1 atom stereocenters. The van der Waals surface area contributed by atoms with E-state index in [1.54, 1.807) is 0 Å². The van der Waals surface area contributed by atoms with Gasteiger partial charge in [0.2, 0.25) is 0 Å². The highest BCUT2D eigenvalue weighted by atomic mass is 15.2. The smallest absolute Gasteiger partial charge is 0.0782 e. The molecule has 0 radical (unpaired) electrons. The van der Waals surface area contributed by atoms with E-state index >= 15 is 0 Å². The molecule has 0 amide bonds. The second kappa shape index (κ2) is 15.8. The van der Waals surface area contributed by atoms with Crippen LogP contribution in [0.3, 0.4) is 0 Å². The van der Waals surface area contributed by atoms with Crippen LogP contribution in [0.25, 0.3) is 61.2 Å². The molecule has 8 aromatic carbocycles. The van der Waals surface area contributed by atoms with E-state index in [0.717, 1.165) is 29.9 Å². The van der Waals surface area contributed by atoms with Crippen LogP contribution in [0.5, 0.6) is 0 Å². The third-order valence-corrected chi connectivity index (χ3v) is 15.8. The highest BCUT2D eigenvalue weighted by Crippen LogP contribution is 2.55. The third kappa shape index (κ3) is 6.53. The Hall–Kier alpha value is -7.94. The molecule has 2 nitrogen and oxygen atoms in total. The summed E-state index contributed by atoms with van der Waals surface area (Å²) in [6.07, 6.45) is 20.1. The van der Waals surface area contributed by atoms with E-state index in [2.05, 4.69) is 262 Å². The summed E-state index contributed by atoms with van der Waals surface area (Å²) in [5, 5.41) is 0. The van der Waals surface area contributed by atoms with Crippen LogP contribution in [0.4, 0.5) is 22.7 Å². The van der Waals surface area contributed by atoms with Crippen LogP contribution in [0.15, 0.2) is 230 Å². The van der Waals surface area contributed by atoms with Gasteiger partial charge in [-0.2, -0.15) is 0 Å². The predicted octanol–water partition coefficient (Wildman–Crippen LogP) is 17.7. The Morgan fingerprint density at radius 2 is 1.04 bits per heavy atom. The highest BCUT2D eigenvalue weighted by Gasteiger charge is 2.39. The molecule has 0 fully saturated rings. The predicted molar refractivity (Wildman–Crippen MR) is 292 cm³/mol. The lowest BCUT2D eigenvalue weighted by Crippen LogP contribution is -2.29. The summed E-state index contributed by atoms with van der Waals surface area (Å²) in [7, 11) is 0. The van der Waals surface area contributed by atoms with E-state index in [1.165, 1.54) is 100 Å². The van der Waals surface area contributed by atoms with Crippen LogP contribution in [0.1, 0.15) is 68.4 Å². The van der Waals surface area contributed by atoms with Crippen molar-refractivity contribution in [3.63, 3.8) is 0 Å². The van der Waals surface area contributed by atoms with Gasteiger partial charge in [-0.05, 0) is 151 Å². The maximum atomic E-state index is 2.55. The maximum Gasteiger partial charge on any atom is 0.0782 e. The normalized spacial score (nSPS) is 17.2. The van der Waals surface area contributed by atoms with Crippen LogP contribution < -0.4 is 9.80 Å². The molecule has 2 heteroatoms. The van der Waals surface area contributed by atoms with E-state index < -0.39 is 0 Å². The Balaban J connectivity index is 0.910. The molecule has 5 aliphatic rings.